The molecule has 3 fully saturated rings. The number of amides is 2. The Bertz CT molecular complexity index is 1030. The van der Waals surface area contributed by atoms with Gasteiger partial charge in [-0.25, -0.2) is 9.59 Å². The summed E-state index contributed by atoms with van der Waals surface area (Å²) in [6.45, 7) is 11.2. The number of carbonyl (C=O) groups is 2. The molecule has 0 aromatic carbocycles. The van der Waals surface area contributed by atoms with Gasteiger partial charge in [-0.05, 0) is 116 Å². The lowest BCUT2D eigenvalue weighted by Crippen LogP contribution is -2.42. The molecule has 1 atom stereocenters. The van der Waals surface area contributed by atoms with E-state index in [0.29, 0.717) is 11.9 Å². The Labute approximate surface area is 236 Å². The molecule has 4 rings (SSSR count). The van der Waals surface area contributed by atoms with Crippen molar-refractivity contribution >= 4 is 35.7 Å². The molecule has 3 saturated carbocycles. The van der Waals surface area contributed by atoms with Crippen LogP contribution in [0.15, 0.2) is 0 Å². The van der Waals surface area contributed by atoms with E-state index >= 15 is 0 Å². The van der Waals surface area contributed by atoms with Crippen molar-refractivity contribution in [3.8, 4) is 0 Å². The molecule has 3 aliphatic rings. The number of hydrogen-bond donors (Lipinski definition) is 4. The number of alkyl carbamates (subject to hydrolysis) is 2. The molecule has 2 amide bonds. The number of rotatable bonds is 6. The summed E-state index contributed by atoms with van der Waals surface area (Å²) in [5, 5.41) is 13.0. The lowest BCUT2D eigenvalue weighted by Gasteiger charge is -2.31. The molecular formula is C27H44ClN7O4. The number of anilines is 2. The molecule has 4 N–H and O–H groups in total. The van der Waals surface area contributed by atoms with Gasteiger partial charge in [-0.3, -0.25) is 0 Å². The van der Waals surface area contributed by atoms with E-state index in [4.69, 9.17) is 21.1 Å². The number of nitrogens with one attached hydrogen (secondary N) is 4. The van der Waals surface area contributed by atoms with Crippen LogP contribution in [-0.4, -0.2) is 62.5 Å². The van der Waals surface area contributed by atoms with Crippen molar-refractivity contribution in [2.24, 2.45) is 5.41 Å². The first-order valence-electron chi connectivity index (χ1n) is 14.1. The summed E-state index contributed by atoms with van der Waals surface area (Å²) < 4.78 is 10.8. The van der Waals surface area contributed by atoms with Crippen LogP contribution in [0.5, 0.6) is 0 Å². The van der Waals surface area contributed by atoms with Crippen LogP contribution in [-0.2, 0) is 9.47 Å². The number of nitrogens with zero attached hydrogens (tertiary/aromatic N) is 3. The molecule has 0 saturated heterocycles. The highest BCUT2D eigenvalue weighted by Gasteiger charge is 2.55. The minimum atomic E-state index is -0.509. The number of halogens is 1. The predicted molar refractivity (Wildman–Crippen MR) is 150 cm³/mol. The van der Waals surface area contributed by atoms with E-state index < -0.39 is 11.2 Å². The molecule has 1 aromatic heterocycles. The van der Waals surface area contributed by atoms with Crippen LogP contribution in [0.25, 0.3) is 0 Å². The minimum absolute atomic E-state index is 0.0950. The zero-order valence-electron chi connectivity index (χ0n) is 24.0. The van der Waals surface area contributed by atoms with Gasteiger partial charge in [-0.2, -0.15) is 15.0 Å². The van der Waals surface area contributed by atoms with Crippen molar-refractivity contribution in [1.82, 2.24) is 25.6 Å². The summed E-state index contributed by atoms with van der Waals surface area (Å²) in [7, 11) is 0. The van der Waals surface area contributed by atoms with Gasteiger partial charge < -0.3 is 30.7 Å². The summed E-state index contributed by atoms with van der Waals surface area (Å²) in [6, 6.07) is 0.704. The zero-order valence-corrected chi connectivity index (χ0v) is 24.8. The van der Waals surface area contributed by atoms with E-state index in [9.17, 15) is 9.59 Å². The van der Waals surface area contributed by atoms with Crippen molar-refractivity contribution in [2.45, 2.75) is 135 Å². The van der Waals surface area contributed by atoms with Gasteiger partial charge in [0.25, 0.3) is 0 Å². The maximum absolute atomic E-state index is 12.1. The Balaban J connectivity index is 1.22. The highest BCUT2D eigenvalue weighted by molar-refractivity contribution is 6.28. The maximum atomic E-state index is 12.1. The Morgan fingerprint density at radius 1 is 0.744 bits per heavy atom. The van der Waals surface area contributed by atoms with Crippen molar-refractivity contribution < 1.29 is 19.1 Å². The predicted octanol–water partition coefficient (Wildman–Crippen LogP) is 5.41. The molecule has 1 heterocycles. The number of carbonyl (C=O) groups excluding carboxylic acids is 2. The Morgan fingerprint density at radius 2 is 1.21 bits per heavy atom. The molecule has 0 radical (unpaired) electrons. The standard InChI is InChI=1S/C27H44ClN7O4/c1-25(2,3)38-23(36)30-17-9-7-16(8-10-17)29-21-33-20(28)34-22(35-21)32-19-15-27(19)13-11-18(12-14-27)31-24(37)39-26(4,5)6/h16-19H,7-15H2,1-6H3,(H,30,36)(H,31,37)(H2,29,32,33,34,35)/t16?,17?,18?,19-,27?/m0/s1. The quantitative estimate of drug-likeness (QED) is 0.356. The SMILES string of the molecule is CC(C)(C)OC(=O)NC1CCC(Nc2nc(Cl)nc(N[C@H]3CC34CCC(NC(=O)OC(C)(C)C)CC4)n2)CC1. The minimum Gasteiger partial charge on any atom is -0.444 e. The summed E-state index contributed by atoms with van der Waals surface area (Å²) in [4.78, 5) is 37.4. The molecule has 0 unspecified atom stereocenters. The van der Waals surface area contributed by atoms with Crippen LogP contribution in [0.2, 0.25) is 5.28 Å². The van der Waals surface area contributed by atoms with Gasteiger partial charge >= 0.3 is 12.2 Å². The Morgan fingerprint density at radius 3 is 1.72 bits per heavy atom. The number of hydrogen-bond acceptors (Lipinski definition) is 9. The maximum Gasteiger partial charge on any atom is 0.407 e. The molecule has 39 heavy (non-hydrogen) atoms. The van der Waals surface area contributed by atoms with E-state index in [1.807, 2.05) is 41.5 Å². The van der Waals surface area contributed by atoms with Gasteiger partial charge in [0, 0.05) is 24.2 Å². The average molecular weight is 566 g/mol. The molecule has 1 aromatic rings. The number of ether oxygens (including phenoxy) is 2. The molecule has 0 bridgehead atoms. The zero-order chi connectivity index (χ0) is 28.4. The van der Waals surface area contributed by atoms with Crippen LogP contribution in [0.3, 0.4) is 0 Å². The van der Waals surface area contributed by atoms with Gasteiger partial charge in [0.05, 0.1) is 0 Å². The van der Waals surface area contributed by atoms with Gasteiger partial charge in [0.2, 0.25) is 17.2 Å². The first-order chi connectivity index (χ1) is 18.2. The summed E-state index contributed by atoms with van der Waals surface area (Å²) in [5.74, 6) is 0.940. The van der Waals surface area contributed by atoms with Crippen molar-refractivity contribution in [3.63, 3.8) is 0 Å². The van der Waals surface area contributed by atoms with Crippen LogP contribution in [0.4, 0.5) is 21.5 Å². The molecule has 0 aliphatic heterocycles. The Kier molecular flexibility index (Phi) is 8.68. The fourth-order valence-electron chi connectivity index (χ4n) is 5.59. The van der Waals surface area contributed by atoms with Crippen LogP contribution in [0.1, 0.15) is 99.3 Å². The molecule has 218 valence electrons. The summed E-state index contributed by atoms with van der Waals surface area (Å²) >= 11 is 6.24. The second-order valence-electron chi connectivity index (χ2n) is 13.3. The lowest BCUT2D eigenvalue weighted by molar-refractivity contribution is 0.0476. The van der Waals surface area contributed by atoms with Gasteiger partial charge in [0.1, 0.15) is 11.2 Å². The second-order valence-corrected chi connectivity index (χ2v) is 13.6. The van der Waals surface area contributed by atoms with Gasteiger partial charge in [0.15, 0.2) is 0 Å². The fourth-order valence-corrected chi connectivity index (χ4v) is 5.75. The normalized spacial score (nSPS) is 28.8. The van der Waals surface area contributed by atoms with E-state index in [2.05, 4.69) is 36.2 Å². The molecule has 1 spiro atoms. The first-order valence-corrected chi connectivity index (χ1v) is 14.5. The largest absolute Gasteiger partial charge is 0.444 e. The van der Waals surface area contributed by atoms with E-state index in [-0.39, 0.29) is 47.1 Å². The molecule has 12 heteroatoms. The second kappa shape index (κ2) is 11.5. The highest BCUT2D eigenvalue weighted by atomic mass is 35.5. The van der Waals surface area contributed by atoms with E-state index in [0.717, 1.165) is 57.8 Å². The molecular weight excluding hydrogens is 522 g/mol. The topological polar surface area (TPSA) is 139 Å². The lowest BCUT2D eigenvalue weighted by atomic mass is 9.83. The van der Waals surface area contributed by atoms with Gasteiger partial charge in [-0.1, -0.05) is 0 Å². The van der Waals surface area contributed by atoms with Crippen molar-refractivity contribution in [2.75, 3.05) is 10.6 Å². The molecule has 3 aliphatic carbocycles. The van der Waals surface area contributed by atoms with Crippen LogP contribution in [0, 0.1) is 5.41 Å². The summed E-state index contributed by atoms with van der Waals surface area (Å²) in [6.07, 6.45) is 7.66. The third-order valence-corrected chi connectivity index (χ3v) is 7.75. The third kappa shape index (κ3) is 8.98. The molecule has 11 nitrogen and oxygen atoms in total. The highest BCUT2D eigenvalue weighted by Crippen LogP contribution is 2.57. The fraction of sp³-hybridized carbons (Fsp3) is 0.815. The van der Waals surface area contributed by atoms with Crippen LogP contribution >= 0.6 is 11.6 Å². The monoisotopic (exact) mass is 565 g/mol. The van der Waals surface area contributed by atoms with Gasteiger partial charge in [-0.15, -0.1) is 0 Å². The smallest absolute Gasteiger partial charge is 0.407 e. The van der Waals surface area contributed by atoms with Crippen molar-refractivity contribution in [1.29, 1.82) is 0 Å². The Hall–Kier alpha value is -2.56. The van der Waals surface area contributed by atoms with Crippen LogP contribution < -0.4 is 21.3 Å². The summed E-state index contributed by atoms with van der Waals surface area (Å²) in [5.41, 5.74) is -0.799. The first kappa shape index (κ1) is 29.4. The average Bonchev–Trinajstić information content (AvgIpc) is 3.44. The van der Waals surface area contributed by atoms with E-state index in [1.54, 1.807) is 0 Å². The number of aromatic nitrogens is 3. The van der Waals surface area contributed by atoms with Crippen molar-refractivity contribution in [3.05, 3.63) is 5.28 Å². The van der Waals surface area contributed by atoms with E-state index in [1.165, 1.54) is 0 Å². The third-order valence-electron chi connectivity index (χ3n) is 7.58.